The maximum Gasteiger partial charge on any atom is 0.207 e. The summed E-state index contributed by atoms with van der Waals surface area (Å²) in [5.74, 6) is 0.117. The summed E-state index contributed by atoms with van der Waals surface area (Å²) in [5, 5.41) is 0. The molecule has 0 saturated heterocycles. The Hall–Kier alpha value is -2.76. The van der Waals surface area contributed by atoms with E-state index < -0.39 is 5.78 Å². The summed E-state index contributed by atoms with van der Waals surface area (Å²) in [6.45, 7) is 0. The van der Waals surface area contributed by atoms with E-state index in [-0.39, 0.29) is 18.0 Å². The van der Waals surface area contributed by atoms with Crippen molar-refractivity contribution < 1.29 is 19.1 Å². The average Bonchev–Trinajstić information content (AvgIpc) is 2.54. The maximum atomic E-state index is 12.3. The number of aromatic nitrogens is 2. The topological polar surface area (TPSA) is 78.4 Å². The molecular formula is C15H14N2O4. The van der Waals surface area contributed by atoms with Crippen molar-refractivity contribution in [2.75, 3.05) is 14.2 Å². The summed E-state index contributed by atoms with van der Waals surface area (Å²) >= 11 is 0. The number of carbonyl (C=O) groups excluding carboxylic acids is 2. The van der Waals surface area contributed by atoms with Gasteiger partial charge in [-0.25, -0.2) is 9.97 Å². The Morgan fingerprint density at radius 1 is 1.05 bits per heavy atom. The van der Waals surface area contributed by atoms with Gasteiger partial charge in [0.2, 0.25) is 5.78 Å². The molecule has 21 heavy (non-hydrogen) atoms. The molecule has 0 aliphatic rings. The van der Waals surface area contributed by atoms with E-state index in [1.807, 2.05) is 0 Å². The summed E-state index contributed by atoms with van der Waals surface area (Å²) in [6, 6.07) is 6.44. The second-order valence-electron chi connectivity index (χ2n) is 4.16. The van der Waals surface area contributed by atoms with Gasteiger partial charge < -0.3 is 9.47 Å². The predicted octanol–water partition coefficient (Wildman–Crippen LogP) is 1.95. The Morgan fingerprint density at radius 2 is 1.76 bits per heavy atom. The van der Waals surface area contributed by atoms with Crippen LogP contribution in [0.5, 0.6) is 11.5 Å². The lowest BCUT2D eigenvalue weighted by Crippen LogP contribution is -2.12. The average molecular weight is 286 g/mol. The fourth-order valence-corrected chi connectivity index (χ4v) is 1.80. The largest absolute Gasteiger partial charge is 0.497 e. The number of hydrogen-bond acceptors (Lipinski definition) is 6. The number of ketones is 2. The van der Waals surface area contributed by atoms with Crippen LogP contribution in [0, 0.1) is 0 Å². The van der Waals surface area contributed by atoms with Gasteiger partial charge in [-0.15, -0.1) is 0 Å². The van der Waals surface area contributed by atoms with Crippen molar-refractivity contribution in [1.82, 2.24) is 9.97 Å². The van der Waals surface area contributed by atoms with Gasteiger partial charge in [0.15, 0.2) is 11.6 Å². The molecule has 0 saturated carbocycles. The first-order chi connectivity index (χ1) is 10.2. The summed E-state index contributed by atoms with van der Waals surface area (Å²) in [7, 11) is 2.96. The van der Waals surface area contributed by atoms with Gasteiger partial charge in [0.1, 0.15) is 11.5 Å². The first-order valence-electron chi connectivity index (χ1n) is 6.21. The number of Topliss-reactive ketones (excluding diaryl/α,β-unsaturated/α-hetero) is 2. The van der Waals surface area contributed by atoms with Crippen LogP contribution >= 0.6 is 0 Å². The van der Waals surface area contributed by atoms with Crippen molar-refractivity contribution in [2.45, 2.75) is 6.42 Å². The molecule has 0 amide bonds. The number of ether oxygens (including phenoxy) is 2. The van der Waals surface area contributed by atoms with E-state index in [2.05, 4.69) is 9.97 Å². The number of methoxy groups -OCH3 is 2. The second kappa shape index (κ2) is 6.60. The van der Waals surface area contributed by atoms with Gasteiger partial charge in [0.05, 0.1) is 26.2 Å². The Bertz CT molecular complexity index is 656. The zero-order chi connectivity index (χ0) is 15.2. The molecule has 1 aromatic carbocycles. The van der Waals surface area contributed by atoms with Crippen LogP contribution in [-0.2, 0) is 0 Å². The number of rotatable bonds is 6. The van der Waals surface area contributed by atoms with E-state index in [1.54, 1.807) is 24.3 Å². The van der Waals surface area contributed by atoms with Gasteiger partial charge in [0.25, 0.3) is 0 Å². The molecule has 0 fully saturated rings. The van der Waals surface area contributed by atoms with Gasteiger partial charge in [-0.05, 0) is 24.3 Å². The lowest BCUT2D eigenvalue weighted by Gasteiger charge is -2.09. The first-order valence-corrected chi connectivity index (χ1v) is 6.21. The van der Waals surface area contributed by atoms with E-state index >= 15 is 0 Å². The van der Waals surface area contributed by atoms with E-state index in [0.29, 0.717) is 17.1 Å². The fraction of sp³-hybridized carbons (Fsp3) is 0.200. The van der Waals surface area contributed by atoms with Crippen molar-refractivity contribution in [1.29, 1.82) is 0 Å². The molecule has 6 heteroatoms. The highest BCUT2D eigenvalue weighted by Crippen LogP contribution is 2.25. The molecule has 0 bridgehead atoms. The third-order valence-corrected chi connectivity index (χ3v) is 2.84. The summed E-state index contributed by atoms with van der Waals surface area (Å²) in [6.07, 6.45) is 2.58. The van der Waals surface area contributed by atoms with Gasteiger partial charge >= 0.3 is 0 Å². The van der Waals surface area contributed by atoms with Crippen LogP contribution in [0.1, 0.15) is 27.4 Å². The van der Waals surface area contributed by atoms with E-state index in [1.165, 1.54) is 26.6 Å². The molecule has 1 heterocycles. The highest BCUT2D eigenvalue weighted by atomic mass is 16.5. The van der Waals surface area contributed by atoms with Gasteiger partial charge in [-0.1, -0.05) is 0 Å². The Morgan fingerprint density at radius 3 is 2.38 bits per heavy atom. The number of benzene rings is 1. The van der Waals surface area contributed by atoms with Crippen LogP contribution in [0.3, 0.4) is 0 Å². The Labute approximate surface area is 121 Å². The minimum Gasteiger partial charge on any atom is -0.497 e. The monoisotopic (exact) mass is 286 g/mol. The van der Waals surface area contributed by atoms with Crippen LogP contribution in [0.4, 0.5) is 0 Å². The first kappa shape index (κ1) is 14.6. The van der Waals surface area contributed by atoms with Crippen LogP contribution in [0.2, 0.25) is 0 Å². The predicted molar refractivity (Wildman–Crippen MR) is 74.9 cm³/mol. The lowest BCUT2D eigenvalue weighted by atomic mass is 10.0. The molecule has 108 valence electrons. The number of hydrogen-bond donors (Lipinski definition) is 0. The second-order valence-corrected chi connectivity index (χ2v) is 4.16. The van der Waals surface area contributed by atoms with Crippen LogP contribution < -0.4 is 9.47 Å². The molecular weight excluding hydrogens is 272 g/mol. The third kappa shape index (κ3) is 3.42. The van der Waals surface area contributed by atoms with Crippen LogP contribution in [0.25, 0.3) is 0 Å². The van der Waals surface area contributed by atoms with E-state index in [0.717, 1.165) is 0 Å². The molecule has 0 spiro atoms. The van der Waals surface area contributed by atoms with Crippen LogP contribution in [0.15, 0.2) is 36.7 Å². The normalized spacial score (nSPS) is 10.0. The van der Waals surface area contributed by atoms with Gasteiger partial charge in [0, 0.05) is 12.4 Å². The summed E-state index contributed by atoms with van der Waals surface area (Å²) in [5.41, 5.74) is 0.293. The highest BCUT2D eigenvalue weighted by molar-refractivity contribution is 6.13. The van der Waals surface area contributed by atoms with Crippen molar-refractivity contribution in [3.63, 3.8) is 0 Å². The third-order valence-electron chi connectivity index (χ3n) is 2.84. The lowest BCUT2D eigenvalue weighted by molar-refractivity contribution is 0.0886. The minimum absolute atomic E-state index is 0.0210. The molecule has 6 nitrogen and oxygen atoms in total. The van der Waals surface area contributed by atoms with E-state index in [4.69, 9.17) is 9.47 Å². The smallest absolute Gasteiger partial charge is 0.207 e. The quantitative estimate of drug-likeness (QED) is 0.596. The molecule has 0 aliphatic heterocycles. The SMILES string of the molecule is COc1ccc(OC)c(C(=O)CC(=O)c2ncccn2)c1. The highest BCUT2D eigenvalue weighted by Gasteiger charge is 2.19. The van der Waals surface area contributed by atoms with Crippen molar-refractivity contribution in [3.05, 3.63) is 48.0 Å². The molecule has 2 aromatic rings. The molecule has 0 unspecified atom stereocenters. The van der Waals surface area contributed by atoms with Gasteiger partial charge in [-0.3, -0.25) is 9.59 Å². The van der Waals surface area contributed by atoms with Crippen molar-refractivity contribution >= 4 is 11.6 Å². The molecule has 0 atom stereocenters. The van der Waals surface area contributed by atoms with Gasteiger partial charge in [-0.2, -0.15) is 0 Å². The summed E-state index contributed by atoms with van der Waals surface area (Å²) in [4.78, 5) is 31.9. The molecule has 0 N–H and O–H groups in total. The summed E-state index contributed by atoms with van der Waals surface area (Å²) < 4.78 is 10.2. The molecule has 2 rings (SSSR count). The Balaban J connectivity index is 2.22. The standard InChI is InChI=1S/C15H14N2O4/c1-20-10-4-5-14(21-2)11(8-10)12(18)9-13(19)15-16-6-3-7-17-15/h3-8H,9H2,1-2H3. The fourth-order valence-electron chi connectivity index (χ4n) is 1.80. The van der Waals surface area contributed by atoms with E-state index in [9.17, 15) is 9.59 Å². The molecule has 0 aliphatic carbocycles. The Kier molecular flexibility index (Phi) is 4.61. The number of nitrogens with zero attached hydrogens (tertiary/aromatic N) is 2. The van der Waals surface area contributed by atoms with Crippen molar-refractivity contribution in [2.24, 2.45) is 0 Å². The molecule has 0 radical (unpaired) electrons. The minimum atomic E-state index is -0.439. The maximum absolute atomic E-state index is 12.3. The zero-order valence-corrected chi connectivity index (χ0v) is 11.7. The van der Waals surface area contributed by atoms with Crippen molar-refractivity contribution in [3.8, 4) is 11.5 Å². The zero-order valence-electron chi connectivity index (χ0n) is 11.7. The number of carbonyl (C=O) groups is 2. The van der Waals surface area contributed by atoms with Crippen LogP contribution in [-0.4, -0.2) is 35.8 Å². The molecule has 1 aromatic heterocycles.